The van der Waals surface area contributed by atoms with Crippen LogP contribution < -0.4 is 4.90 Å². The third kappa shape index (κ3) is 3.58. The van der Waals surface area contributed by atoms with Gasteiger partial charge in [-0.05, 0) is 12.1 Å². The van der Waals surface area contributed by atoms with Crippen molar-refractivity contribution in [2.45, 2.75) is 6.18 Å². The van der Waals surface area contributed by atoms with Gasteiger partial charge in [-0.2, -0.15) is 13.2 Å². The molecule has 0 saturated heterocycles. The van der Waals surface area contributed by atoms with Gasteiger partial charge < -0.3 is 4.74 Å². The zero-order valence-corrected chi connectivity index (χ0v) is 10.1. The molecule has 102 valence electrons. The molecule has 0 radical (unpaired) electrons. The Morgan fingerprint density at radius 3 is 2.74 bits per heavy atom. The quantitative estimate of drug-likeness (QED) is 0.855. The standard InChI is InChI=1S/C11H11F3N4O/c1-18-9(6-19-7-11(12,13)14)16-17-10(18)8-3-2-4-15-5-8/h2-5H,6-7H2,1H3/p+1. The van der Waals surface area contributed by atoms with E-state index in [2.05, 4.69) is 19.9 Å². The number of quaternary nitrogens is 1. The highest BCUT2D eigenvalue weighted by molar-refractivity contribution is 6.00. The zero-order chi connectivity index (χ0) is 13.9. The number of ether oxygens (including phenoxy) is 1. The van der Waals surface area contributed by atoms with Gasteiger partial charge in [-0.3, -0.25) is 4.98 Å². The lowest BCUT2D eigenvalue weighted by Gasteiger charge is -2.11. The van der Waals surface area contributed by atoms with E-state index in [1.54, 1.807) is 25.5 Å². The van der Waals surface area contributed by atoms with Gasteiger partial charge in [-0.15, -0.1) is 0 Å². The van der Waals surface area contributed by atoms with E-state index >= 15 is 0 Å². The number of rotatable bonds is 4. The summed E-state index contributed by atoms with van der Waals surface area (Å²) >= 11 is 0. The van der Waals surface area contributed by atoms with E-state index in [0.717, 1.165) is 5.56 Å². The highest BCUT2D eigenvalue weighted by Gasteiger charge is 2.31. The second-order valence-corrected chi connectivity index (χ2v) is 3.97. The Bertz CT molecular complexity index is 498. The van der Waals surface area contributed by atoms with Gasteiger partial charge >= 0.3 is 6.18 Å². The van der Waals surface area contributed by atoms with Crippen molar-refractivity contribution in [1.29, 1.82) is 0 Å². The molecule has 0 fully saturated rings. The van der Waals surface area contributed by atoms with Crippen LogP contribution in [0, 0.1) is 0 Å². The summed E-state index contributed by atoms with van der Waals surface area (Å²) in [7, 11) is 1.74. The molecule has 1 aromatic rings. The molecule has 0 bridgehead atoms. The lowest BCUT2D eigenvalue weighted by atomic mass is 10.2. The molecule has 0 saturated carbocycles. The van der Waals surface area contributed by atoms with Crippen molar-refractivity contribution < 1.29 is 22.8 Å². The molecule has 1 unspecified atom stereocenters. The Morgan fingerprint density at radius 1 is 1.32 bits per heavy atom. The summed E-state index contributed by atoms with van der Waals surface area (Å²) < 4.78 is 40.5. The second-order valence-electron chi connectivity index (χ2n) is 3.97. The lowest BCUT2D eigenvalue weighted by molar-refractivity contribution is -0.673. The molecule has 0 aliphatic carbocycles. The molecule has 1 atom stereocenters. The SMILES string of the molecule is C[NH+]1C(COCC(F)(F)F)=NN=C1c1cccnc1. The van der Waals surface area contributed by atoms with E-state index in [9.17, 15) is 13.2 Å². The van der Waals surface area contributed by atoms with Gasteiger partial charge in [0.15, 0.2) is 0 Å². The maximum atomic E-state index is 12.0. The first-order valence-electron chi connectivity index (χ1n) is 5.51. The van der Waals surface area contributed by atoms with Crippen molar-refractivity contribution in [2.75, 3.05) is 20.3 Å². The minimum atomic E-state index is -4.33. The number of likely N-dealkylation sites (N-methyl/N-ethyl adjacent to an activating group) is 1. The summed E-state index contributed by atoms with van der Waals surface area (Å²) in [6.45, 7) is -1.50. The average molecular weight is 273 g/mol. The molecule has 2 heterocycles. The number of nitrogens with one attached hydrogen (secondary N) is 1. The number of halogens is 3. The number of hydrogen-bond acceptors (Lipinski definition) is 4. The minimum absolute atomic E-state index is 0.210. The molecule has 1 aliphatic rings. The summed E-state index contributed by atoms with van der Waals surface area (Å²) in [5.74, 6) is 1.02. The van der Waals surface area contributed by atoms with E-state index in [1.807, 2.05) is 6.07 Å². The van der Waals surface area contributed by atoms with Gasteiger partial charge in [-0.25, -0.2) is 4.90 Å². The molecule has 19 heavy (non-hydrogen) atoms. The van der Waals surface area contributed by atoms with Crippen molar-refractivity contribution >= 4 is 11.7 Å². The molecule has 5 nitrogen and oxygen atoms in total. The monoisotopic (exact) mass is 273 g/mol. The number of nitrogens with zero attached hydrogens (tertiary/aromatic N) is 3. The molecular weight excluding hydrogens is 261 g/mol. The van der Waals surface area contributed by atoms with E-state index in [0.29, 0.717) is 16.6 Å². The summed E-state index contributed by atoms with van der Waals surface area (Å²) in [6, 6.07) is 3.56. The topological polar surface area (TPSA) is 51.3 Å². The van der Waals surface area contributed by atoms with Crippen molar-refractivity contribution in [3.63, 3.8) is 0 Å². The van der Waals surface area contributed by atoms with Crippen LogP contribution >= 0.6 is 0 Å². The molecule has 2 rings (SSSR count). The van der Waals surface area contributed by atoms with Crippen LogP contribution in [0.25, 0.3) is 0 Å². The van der Waals surface area contributed by atoms with Crippen molar-refractivity contribution in [3.8, 4) is 0 Å². The maximum absolute atomic E-state index is 12.0. The number of amidine groups is 2. The summed E-state index contributed by atoms with van der Waals surface area (Å²) in [5.41, 5.74) is 0.773. The molecule has 8 heteroatoms. The number of alkyl halides is 3. The molecule has 0 aromatic carbocycles. The number of aromatic nitrogens is 1. The number of hydrogen-bond donors (Lipinski definition) is 1. The Morgan fingerprint density at radius 2 is 2.11 bits per heavy atom. The largest absolute Gasteiger partial charge is 0.411 e. The second kappa shape index (κ2) is 5.45. The Balaban J connectivity index is 1.92. The van der Waals surface area contributed by atoms with E-state index in [1.165, 1.54) is 0 Å². The fourth-order valence-corrected chi connectivity index (χ4v) is 1.57. The van der Waals surface area contributed by atoms with Gasteiger partial charge in [0.1, 0.15) is 13.2 Å². The fraction of sp³-hybridized carbons (Fsp3) is 0.364. The smallest absolute Gasteiger partial charge is 0.360 e. The zero-order valence-electron chi connectivity index (χ0n) is 10.1. The van der Waals surface area contributed by atoms with Gasteiger partial charge in [-0.1, -0.05) is 10.2 Å². The van der Waals surface area contributed by atoms with Crippen LogP contribution in [0.4, 0.5) is 13.2 Å². The van der Waals surface area contributed by atoms with Gasteiger partial charge in [0.25, 0.3) is 11.7 Å². The summed E-state index contributed by atoms with van der Waals surface area (Å²) in [6.07, 6.45) is -1.08. The molecule has 1 aliphatic heterocycles. The van der Waals surface area contributed by atoms with Crippen LogP contribution in [0.15, 0.2) is 34.7 Å². The first kappa shape index (κ1) is 13.6. The lowest BCUT2D eigenvalue weighted by Crippen LogP contribution is -3.13. The molecule has 1 aromatic heterocycles. The highest BCUT2D eigenvalue weighted by Crippen LogP contribution is 2.14. The van der Waals surface area contributed by atoms with Gasteiger partial charge in [0, 0.05) is 12.4 Å². The van der Waals surface area contributed by atoms with E-state index < -0.39 is 12.8 Å². The van der Waals surface area contributed by atoms with E-state index in [4.69, 9.17) is 0 Å². The third-order valence-electron chi connectivity index (χ3n) is 2.50. The van der Waals surface area contributed by atoms with E-state index in [-0.39, 0.29) is 6.61 Å². The molecule has 0 spiro atoms. The Labute approximate surface area is 107 Å². The predicted octanol–water partition coefficient (Wildman–Crippen LogP) is 0.249. The molecule has 1 N–H and O–H groups in total. The van der Waals surface area contributed by atoms with Crippen LogP contribution in [0.1, 0.15) is 5.56 Å². The van der Waals surface area contributed by atoms with Crippen LogP contribution in [-0.2, 0) is 4.74 Å². The molecule has 0 amide bonds. The summed E-state index contributed by atoms with van der Waals surface area (Å²) in [5, 5.41) is 7.79. The Hall–Kier alpha value is -1.80. The average Bonchev–Trinajstić information content (AvgIpc) is 2.71. The van der Waals surface area contributed by atoms with Gasteiger partial charge in [0.2, 0.25) is 0 Å². The third-order valence-corrected chi connectivity index (χ3v) is 2.50. The van der Waals surface area contributed by atoms with Crippen molar-refractivity contribution in [1.82, 2.24) is 4.98 Å². The normalized spacial score (nSPS) is 19.3. The van der Waals surface area contributed by atoms with Crippen LogP contribution in [-0.4, -0.2) is 43.1 Å². The fourth-order valence-electron chi connectivity index (χ4n) is 1.57. The summed E-state index contributed by atoms with van der Waals surface area (Å²) in [4.78, 5) is 4.66. The molecular formula is C11H12F3N4O+. The highest BCUT2D eigenvalue weighted by atomic mass is 19.4. The van der Waals surface area contributed by atoms with Crippen molar-refractivity contribution in [3.05, 3.63) is 30.1 Å². The Kier molecular flexibility index (Phi) is 3.91. The maximum Gasteiger partial charge on any atom is 0.411 e. The van der Waals surface area contributed by atoms with Crippen LogP contribution in [0.2, 0.25) is 0 Å². The predicted molar refractivity (Wildman–Crippen MR) is 62.0 cm³/mol. The van der Waals surface area contributed by atoms with Crippen LogP contribution in [0.5, 0.6) is 0 Å². The van der Waals surface area contributed by atoms with Gasteiger partial charge in [0.05, 0.1) is 12.6 Å². The first-order valence-corrected chi connectivity index (χ1v) is 5.51. The van der Waals surface area contributed by atoms with Crippen LogP contribution in [0.3, 0.4) is 0 Å². The number of pyridine rings is 1. The minimum Gasteiger partial charge on any atom is -0.360 e. The first-order chi connectivity index (χ1) is 8.97. The van der Waals surface area contributed by atoms with Crippen molar-refractivity contribution in [2.24, 2.45) is 10.2 Å².